The molecule has 89 heavy (non-hydrogen) atoms. The van der Waals surface area contributed by atoms with Gasteiger partial charge in [-0.2, -0.15) is 0 Å². The number of benzene rings is 7. The second-order valence-electron chi connectivity index (χ2n) is 23.7. The lowest BCUT2D eigenvalue weighted by atomic mass is 10.00. The molecule has 7 aromatic carbocycles. The molecule has 0 aliphatic carbocycles. The summed E-state index contributed by atoms with van der Waals surface area (Å²) < 4.78 is 52.5. The van der Waals surface area contributed by atoms with Crippen LogP contribution in [0.2, 0.25) is 5.02 Å². The van der Waals surface area contributed by atoms with Crippen LogP contribution in [-0.4, -0.2) is 23.9 Å². The summed E-state index contributed by atoms with van der Waals surface area (Å²) in [6.07, 6.45) is 39.6. The first-order chi connectivity index (χ1) is 43.5. The Labute approximate surface area is 533 Å². The Morgan fingerprint density at radius 2 is 0.573 bits per heavy atom. The first-order valence-corrected chi connectivity index (χ1v) is 33.5. The van der Waals surface area contributed by atoms with Crippen molar-refractivity contribution in [1.29, 1.82) is 0 Å². The molecule has 0 atom stereocenters. The van der Waals surface area contributed by atoms with Gasteiger partial charge in [0.1, 0.15) is 34.6 Å². The lowest BCUT2D eigenvalue weighted by Gasteiger charge is -2.11. The zero-order valence-corrected chi connectivity index (χ0v) is 53.3. The van der Waals surface area contributed by atoms with E-state index in [-0.39, 0.29) is 39.1 Å². The molecule has 0 heterocycles. The van der Waals surface area contributed by atoms with Gasteiger partial charge in [0, 0.05) is 23.2 Å². The maximum Gasteiger partial charge on any atom is 0.346 e. The number of hydrogen-bond donors (Lipinski definition) is 0. The Morgan fingerprint density at radius 1 is 0.303 bits per heavy atom. The molecular formula is C78H91ClF2O8. The fourth-order valence-electron chi connectivity index (χ4n) is 11.1. The van der Waals surface area contributed by atoms with Crippen molar-refractivity contribution in [1.82, 2.24) is 0 Å². The lowest BCUT2D eigenvalue weighted by molar-refractivity contribution is 0.0720. The van der Waals surface area contributed by atoms with Gasteiger partial charge in [-0.1, -0.05) is 265 Å². The third-order valence-electron chi connectivity index (χ3n) is 16.5. The van der Waals surface area contributed by atoms with Gasteiger partial charge in [0.05, 0.1) is 22.3 Å². The Morgan fingerprint density at radius 3 is 0.865 bits per heavy atom. The van der Waals surface area contributed by atoms with E-state index in [2.05, 4.69) is 62.4 Å². The van der Waals surface area contributed by atoms with E-state index in [0.717, 1.165) is 65.4 Å². The maximum atomic E-state index is 15.4. The van der Waals surface area contributed by atoms with Crippen LogP contribution in [-0.2, 0) is 12.8 Å². The fourth-order valence-corrected chi connectivity index (χ4v) is 11.3. The molecule has 0 N–H and O–H groups in total. The van der Waals surface area contributed by atoms with Crippen molar-refractivity contribution in [2.24, 2.45) is 0 Å². The lowest BCUT2D eigenvalue weighted by Crippen LogP contribution is -2.13. The standard InChI is InChI=1S/C78H91ClF2O8/c1-3-5-7-9-11-13-15-17-19-21-23-25-27-29-31-58-33-37-60(38-34-58)62-41-45-64(46-42-62)75(82)86-67-49-51-71(73(80)56-67)77(84)88-69-53-66(79)54-70(55-69)89-78(85)72-52-50-68(57-74(72)81)87-76(83)65-47-43-63(44-48-65)61-39-35-59(36-40-61)32-30-28-26-24-22-20-18-16-14-12-10-8-6-4-2/h33-57H,3-32H2,1-2H3. The predicted molar refractivity (Wildman–Crippen MR) is 356 cm³/mol. The van der Waals surface area contributed by atoms with Gasteiger partial charge in [-0.15, -0.1) is 0 Å². The predicted octanol–water partition coefficient (Wildman–Crippen LogP) is 22.9. The molecule has 0 amide bonds. The van der Waals surface area contributed by atoms with Crippen molar-refractivity contribution >= 4 is 35.5 Å². The van der Waals surface area contributed by atoms with Crippen LogP contribution >= 0.6 is 11.6 Å². The van der Waals surface area contributed by atoms with Gasteiger partial charge >= 0.3 is 23.9 Å². The molecule has 0 unspecified atom stereocenters. The summed E-state index contributed by atoms with van der Waals surface area (Å²) in [5, 5.41) is -0.0170. The topological polar surface area (TPSA) is 105 Å². The van der Waals surface area contributed by atoms with Crippen molar-refractivity contribution < 1.29 is 46.9 Å². The van der Waals surface area contributed by atoms with Crippen LogP contribution in [0, 0.1) is 11.6 Å². The molecule has 0 saturated heterocycles. The van der Waals surface area contributed by atoms with Crippen molar-refractivity contribution in [3.05, 3.63) is 202 Å². The molecule has 0 bridgehead atoms. The zero-order valence-electron chi connectivity index (χ0n) is 52.5. The number of unbranched alkanes of at least 4 members (excludes halogenated alkanes) is 26. The molecule has 11 heteroatoms. The summed E-state index contributed by atoms with van der Waals surface area (Å²) in [7, 11) is 0. The molecule has 0 saturated carbocycles. The molecule has 0 fully saturated rings. The van der Waals surface area contributed by atoms with E-state index in [9.17, 15) is 19.2 Å². The summed E-state index contributed by atoms with van der Waals surface area (Å²) >= 11 is 6.28. The van der Waals surface area contributed by atoms with Crippen LogP contribution in [0.5, 0.6) is 23.0 Å². The zero-order chi connectivity index (χ0) is 62.8. The fraction of sp³-hybridized carbons (Fsp3) is 0.410. The molecule has 0 aliphatic rings. The highest BCUT2D eigenvalue weighted by Gasteiger charge is 2.21. The molecule has 0 spiro atoms. The van der Waals surface area contributed by atoms with Gasteiger partial charge in [0.15, 0.2) is 0 Å². The van der Waals surface area contributed by atoms with Crippen molar-refractivity contribution in [2.75, 3.05) is 0 Å². The van der Waals surface area contributed by atoms with Crippen molar-refractivity contribution in [3.63, 3.8) is 0 Å². The van der Waals surface area contributed by atoms with E-state index < -0.39 is 46.6 Å². The summed E-state index contributed by atoms with van der Waals surface area (Å²) in [6.45, 7) is 4.53. The molecular weight excluding hydrogens is 1140 g/mol. The minimum absolute atomic E-state index is 0.0170. The SMILES string of the molecule is CCCCCCCCCCCCCCCCc1ccc(-c2ccc(C(=O)Oc3ccc(C(=O)Oc4cc(Cl)cc(OC(=O)c5ccc(OC(=O)c6ccc(-c7ccc(CCCCCCCCCCCCCCCC)cc7)cc6)cc5F)c4)c(F)c3)cc2)cc1. The van der Waals surface area contributed by atoms with Gasteiger partial charge in [-0.25, -0.2) is 28.0 Å². The highest BCUT2D eigenvalue weighted by molar-refractivity contribution is 6.31. The number of ether oxygens (including phenoxy) is 4. The number of carbonyl (C=O) groups is 4. The summed E-state index contributed by atoms with van der Waals surface area (Å²) in [5.41, 5.74) is 6.06. The number of carbonyl (C=O) groups excluding carboxylic acids is 4. The van der Waals surface area contributed by atoms with E-state index in [1.807, 2.05) is 24.3 Å². The molecule has 8 nitrogen and oxygen atoms in total. The number of aryl methyl sites for hydroxylation is 2. The van der Waals surface area contributed by atoms with E-state index in [4.69, 9.17) is 30.5 Å². The van der Waals surface area contributed by atoms with E-state index in [0.29, 0.717) is 0 Å². The van der Waals surface area contributed by atoms with Crippen molar-refractivity contribution in [2.45, 2.75) is 206 Å². The normalized spacial score (nSPS) is 11.2. The molecule has 7 rings (SSSR count). The average molecular weight is 1230 g/mol. The van der Waals surface area contributed by atoms with Gasteiger partial charge in [-0.3, -0.25) is 0 Å². The molecule has 472 valence electrons. The Balaban J connectivity index is 0.793. The van der Waals surface area contributed by atoms with Gasteiger partial charge in [-0.05, 0) is 120 Å². The van der Waals surface area contributed by atoms with Crippen LogP contribution in [0.15, 0.2) is 152 Å². The number of halogens is 3. The largest absolute Gasteiger partial charge is 0.423 e. The summed E-state index contributed by atoms with van der Waals surface area (Å²) in [5.74, 6) is -6.42. The Bertz CT molecular complexity index is 3050. The third-order valence-corrected chi connectivity index (χ3v) is 16.7. The smallest absolute Gasteiger partial charge is 0.346 e. The van der Waals surface area contributed by atoms with Gasteiger partial charge in [0.2, 0.25) is 0 Å². The highest BCUT2D eigenvalue weighted by Crippen LogP contribution is 2.31. The molecule has 7 aromatic rings. The van der Waals surface area contributed by atoms with E-state index >= 15 is 8.78 Å². The Hall–Kier alpha value is -7.43. The summed E-state index contributed by atoms with van der Waals surface area (Å²) in [4.78, 5) is 52.6. The van der Waals surface area contributed by atoms with Crippen LogP contribution in [0.3, 0.4) is 0 Å². The minimum atomic E-state index is -1.12. The number of esters is 4. The Kier molecular flexibility index (Phi) is 30.2. The quantitative estimate of drug-likeness (QED) is 0.0212. The molecule has 0 radical (unpaired) electrons. The molecule has 0 aliphatic heterocycles. The van der Waals surface area contributed by atoms with Crippen LogP contribution < -0.4 is 18.9 Å². The minimum Gasteiger partial charge on any atom is -0.423 e. The maximum absolute atomic E-state index is 15.4. The number of hydrogen-bond acceptors (Lipinski definition) is 8. The van der Waals surface area contributed by atoms with E-state index in [1.54, 1.807) is 24.3 Å². The third kappa shape index (κ3) is 24.5. The average Bonchev–Trinajstić information content (AvgIpc) is 2.76. The molecule has 0 aromatic heterocycles. The van der Waals surface area contributed by atoms with Crippen LogP contribution in [0.25, 0.3) is 22.3 Å². The number of rotatable bonds is 40. The van der Waals surface area contributed by atoms with E-state index in [1.165, 1.54) is 215 Å². The van der Waals surface area contributed by atoms with Gasteiger partial charge in [0.25, 0.3) is 0 Å². The van der Waals surface area contributed by atoms with Crippen molar-refractivity contribution in [3.8, 4) is 45.3 Å². The van der Waals surface area contributed by atoms with Crippen LogP contribution in [0.1, 0.15) is 246 Å². The second kappa shape index (κ2) is 38.9. The van der Waals surface area contributed by atoms with Gasteiger partial charge < -0.3 is 18.9 Å². The van der Waals surface area contributed by atoms with Crippen LogP contribution in [0.4, 0.5) is 8.78 Å². The monoisotopic (exact) mass is 1230 g/mol. The highest BCUT2D eigenvalue weighted by atomic mass is 35.5. The first kappa shape index (κ1) is 69.1. The second-order valence-corrected chi connectivity index (χ2v) is 24.1. The summed E-state index contributed by atoms with van der Waals surface area (Å²) in [6, 6.07) is 41.0. The first-order valence-electron chi connectivity index (χ1n) is 33.1.